The van der Waals surface area contributed by atoms with Crippen molar-refractivity contribution in [3.8, 4) is 11.6 Å². The van der Waals surface area contributed by atoms with E-state index in [4.69, 9.17) is 4.74 Å². The maximum Gasteiger partial charge on any atom is 0.213 e. The van der Waals surface area contributed by atoms with Crippen molar-refractivity contribution in [3.63, 3.8) is 0 Å². The number of aryl methyl sites for hydroxylation is 1. The maximum absolute atomic E-state index is 13.8. The first-order chi connectivity index (χ1) is 9.51. The minimum Gasteiger partial charge on any atom is -0.508 e. The molecular formula is C14H12Br2FNO2. The van der Waals surface area contributed by atoms with Gasteiger partial charge in [0.1, 0.15) is 11.6 Å². The lowest BCUT2D eigenvalue weighted by atomic mass is 10.1. The molecule has 1 aromatic carbocycles. The van der Waals surface area contributed by atoms with Crippen LogP contribution >= 0.6 is 31.9 Å². The highest BCUT2D eigenvalue weighted by molar-refractivity contribution is 9.10. The van der Waals surface area contributed by atoms with Gasteiger partial charge < -0.3 is 9.84 Å². The summed E-state index contributed by atoms with van der Waals surface area (Å²) >= 11 is 6.54. The Morgan fingerprint density at radius 3 is 2.65 bits per heavy atom. The fraction of sp³-hybridized carbons (Fsp3) is 0.214. The first kappa shape index (κ1) is 15.3. The predicted molar refractivity (Wildman–Crippen MR) is 81.7 cm³/mol. The summed E-state index contributed by atoms with van der Waals surface area (Å²) in [7, 11) is 1.54. The molecule has 0 spiro atoms. The average molecular weight is 405 g/mol. The van der Waals surface area contributed by atoms with Crippen LogP contribution in [0, 0.1) is 5.82 Å². The molecule has 0 bridgehead atoms. The predicted octanol–water partition coefficient (Wildman–Crippen LogP) is 4.25. The van der Waals surface area contributed by atoms with Crippen LogP contribution in [0.4, 0.5) is 4.39 Å². The molecule has 2 aromatic rings. The molecule has 0 aliphatic carbocycles. The molecule has 2 rings (SSSR count). The first-order valence-corrected chi connectivity index (χ1v) is 7.46. The van der Waals surface area contributed by atoms with E-state index in [1.54, 1.807) is 13.2 Å². The topological polar surface area (TPSA) is 42.4 Å². The van der Waals surface area contributed by atoms with Crippen LogP contribution in [-0.2, 0) is 12.8 Å². The Balaban J connectivity index is 2.21. The van der Waals surface area contributed by atoms with Crippen LogP contribution in [-0.4, -0.2) is 17.2 Å². The number of pyridine rings is 1. The Hall–Kier alpha value is -1.14. The Kier molecular flexibility index (Phi) is 4.99. The quantitative estimate of drug-likeness (QED) is 0.828. The van der Waals surface area contributed by atoms with Crippen molar-refractivity contribution in [1.29, 1.82) is 0 Å². The van der Waals surface area contributed by atoms with Crippen molar-refractivity contribution in [3.05, 3.63) is 50.3 Å². The SMILES string of the molecule is COc1ccc(Br)c(CCc2c(O)cc(Br)cc2F)n1. The number of halogens is 3. The van der Waals surface area contributed by atoms with E-state index in [0.29, 0.717) is 23.2 Å². The second-order valence-electron chi connectivity index (χ2n) is 4.17. The first-order valence-electron chi connectivity index (χ1n) is 5.87. The van der Waals surface area contributed by atoms with Crippen LogP contribution in [0.3, 0.4) is 0 Å². The van der Waals surface area contributed by atoms with Gasteiger partial charge in [0, 0.05) is 20.6 Å². The van der Waals surface area contributed by atoms with Gasteiger partial charge in [0.25, 0.3) is 0 Å². The minimum atomic E-state index is -0.434. The van der Waals surface area contributed by atoms with Crippen LogP contribution in [0.25, 0.3) is 0 Å². The highest BCUT2D eigenvalue weighted by Crippen LogP contribution is 2.28. The Morgan fingerprint density at radius 1 is 1.25 bits per heavy atom. The van der Waals surface area contributed by atoms with Gasteiger partial charge in [-0.2, -0.15) is 0 Å². The third kappa shape index (κ3) is 3.49. The Labute approximate surface area is 133 Å². The number of rotatable bonds is 4. The molecule has 0 radical (unpaired) electrons. The molecule has 3 nitrogen and oxygen atoms in total. The number of aromatic nitrogens is 1. The second-order valence-corrected chi connectivity index (χ2v) is 5.94. The van der Waals surface area contributed by atoms with E-state index in [9.17, 15) is 9.50 Å². The molecule has 0 atom stereocenters. The van der Waals surface area contributed by atoms with Crippen LogP contribution in [0.1, 0.15) is 11.3 Å². The van der Waals surface area contributed by atoms with Crippen LogP contribution in [0.2, 0.25) is 0 Å². The van der Waals surface area contributed by atoms with E-state index in [1.165, 1.54) is 12.1 Å². The molecule has 0 unspecified atom stereocenters. The summed E-state index contributed by atoms with van der Waals surface area (Å²) in [6.45, 7) is 0. The second kappa shape index (κ2) is 6.54. The molecule has 0 saturated carbocycles. The van der Waals surface area contributed by atoms with Gasteiger partial charge in [-0.25, -0.2) is 9.37 Å². The van der Waals surface area contributed by atoms with Gasteiger partial charge in [0.15, 0.2) is 0 Å². The standard InChI is InChI=1S/C14H12Br2FNO2/c1-20-14-5-3-10(16)12(18-14)4-2-9-11(17)6-8(15)7-13(9)19/h3,5-7,19H,2,4H2,1H3. The number of aromatic hydroxyl groups is 1. The zero-order valence-corrected chi connectivity index (χ0v) is 13.8. The summed E-state index contributed by atoms with van der Waals surface area (Å²) in [6, 6.07) is 6.39. The fourth-order valence-corrected chi connectivity index (χ4v) is 2.67. The minimum absolute atomic E-state index is 0.0594. The third-order valence-corrected chi connectivity index (χ3v) is 4.03. The molecule has 106 valence electrons. The molecule has 0 aliphatic rings. The number of ether oxygens (including phenoxy) is 1. The van der Waals surface area contributed by atoms with Crippen molar-refractivity contribution >= 4 is 31.9 Å². The zero-order valence-electron chi connectivity index (χ0n) is 10.7. The van der Waals surface area contributed by atoms with Crippen LogP contribution < -0.4 is 4.74 Å². The van der Waals surface area contributed by atoms with Gasteiger partial charge in [0.05, 0.1) is 12.8 Å². The van der Waals surface area contributed by atoms with Gasteiger partial charge in [-0.1, -0.05) is 15.9 Å². The summed E-state index contributed by atoms with van der Waals surface area (Å²) in [5.41, 5.74) is 1.04. The molecule has 0 saturated heterocycles. The van der Waals surface area contributed by atoms with Crippen molar-refractivity contribution in [2.45, 2.75) is 12.8 Å². The van der Waals surface area contributed by atoms with Crippen molar-refractivity contribution in [1.82, 2.24) is 4.98 Å². The largest absolute Gasteiger partial charge is 0.508 e. The van der Waals surface area contributed by atoms with E-state index in [2.05, 4.69) is 36.8 Å². The van der Waals surface area contributed by atoms with Gasteiger partial charge in [0.2, 0.25) is 5.88 Å². The van der Waals surface area contributed by atoms with Crippen molar-refractivity contribution < 1.29 is 14.2 Å². The Bertz CT molecular complexity index is 612. The van der Waals surface area contributed by atoms with E-state index in [-0.39, 0.29) is 11.3 Å². The normalized spacial score (nSPS) is 10.6. The van der Waals surface area contributed by atoms with E-state index in [0.717, 1.165) is 10.2 Å². The molecule has 1 N–H and O–H groups in total. The zero-order chi connectivity index (χ0) is 14.7. The molecule has 20 heavy (non-hydrogen) atoms. The summed E-state index contributed by atoms with van der Waals surface area (Å²) in [6.07, 6.45) is 0.841. The number of hydrogen-bond acceptors (Lipinski definition) is 3. The lowest BCUT2D eigenvalue weighted by molar-refractivity contribution is 0.396. The van der Waals surface area contributed by atoms with Gasteiger partial charge >= 0.3 is 0 Å². The van der Waals surface area contributed by atoms with Gasteiger partial charge in [-0.15, -0.1) is 0 Å². The number of methoxy groups -OCH3 is 1. The summed E-state index contributed by atoms with van der Waals surface area (Å²) in [5.74, 6) is 0.00971. The molecule has 6 heteroatoms. The molecule has 1 heterocycles. The molecule has 1 aromatic heterocycles. The summed E-state index contributed by atoms with van der Waals surface area (Å²) < 4.78 is 20.2. The van der Waals surface area contributed by atoms with E-state index in [1.807, 2.05) is 6.07 Å². The van der Waals surface area contributed by atoms with Crippen LogP contribution in [0.15, 0.2) is 33.2 Å². The molecule has 0 amide bonds. The van der Waals surface area contributed by atoms with Crippen LogP contribution in [0.5, 0.6) is 11.6 Å². The van der Waals surface area contributed by atoms with Crippen molar-refractivity contribution in [2.75, 3.05) is 7.11 Å². The number of phenols is 1. The fourth-order valence-electron chi connectivity index (χ4n) is 1.83. The lowest BCUT2D eigenvalue weighted by Gasteiger charge is -2.09. The lowest BCUT2D eigenvalue weighted by Crippen LogP contribution is -2.00. The third-order valence-electron chi connectivity index (χ3n) is 2.85. The summed E-state index contributed by atoms with van der Waals surface area (Å²) in [4.78, 5) is 4.30. The average Bonchev–Trinajstić information content (AvgIpc) is 2.39. The summed E-state index contributed by atoms with van der Waals surface area (Å²) in [5, 5.41) is 9.79. The highest BCUT2D eigenvalue weighted by atomic mass is 79.9. The Morgan fingerprint density at radius 2 is 2.00 bits per heavy atom. The molecule has 0 aliphatic heterocycles. The van der Waals surface area contributed by atoms with E-state index < -0.39 is 5.82 Å². The molecule has 0 fully saturated rings. The maximum atomic E-state index is 13.8. The number of hydrogen-bond donors (Lipinski definition) is 1. The van der Waals surface area contributed by atoms with Crippen molar-refractivity contribution in [2.24, 2.45) is 0 Å². The van der Waals surface area contributed by atoms with Gasteiger partial charge in [-0.05, 0) is 47.0 Å². The number of benzene rings is 1. The monoisotopic (exact) mass is 403 g/mol. The highest BCUT2D eigenvalue weighted by Gasteiger charge is 2.12. The molecular weight excluding hydrogens is 393 g/mol. The van der Waals surface area contributed by atoms with E-state index >= 15 is 0 Å². The number of phenolic OH excluding ortho intramolecular Hbond substituents is 1. The number of nitrogens with zero attached hydrogens (tertiary/aromatic N) is 1. The van der Waals surface area contributed by atoms with Gasteiger partial charge in [-0.3, -0.25) is 0 Å². The smallest absolute Gasteiger partial charge is 0.213 e.